The average Bonchev–Trinajstić information content (AvgIpc) is 3.10. The molecule has 1 aliphatic rings. The Bertz CT molecular complexity index is 999. The van der Waals surface area contributed by atoms with Gasteiger partial charge in [0.2, 0.25) is 0 Å². The molecule has 2 heterocycles. The number of anilines is 2. The highest BCUT2D eigenvalue weighted by Crippen LogP contribution is 2.30. The molecular weight excluding hydrogens is 428 g/mol. The Kier molecular flexibility index (Phi) is 5.35. The van der Waals surface area contributed by atoms with Crippen LogP contribution in [-0.2, 0) is 0 Å². The molecule has 0 spiro atoms. The van der Waals surface area contributed by atoms with Gasteiger partial charge in [-0.1, -0.05) is 22.0 Å². The van der Waals surface area contributed by atoms with Gasteiger partial charge in [-0.2, -0.15) is 8.78 Å². The van der Waals surface area contributed by atoms with Crippen LogP contribution in [0.25, 0.3) is 10.9 Å². The Morgan fingerprint density at radius 1 is 1.21 bits per heavy atom. The Labute approximate surface area is 170 Å². The van der Waals surface area contributed by atoms with Crippen molar-refractivity contribution < 1.29 is 13.5 Å². The average molecular weight is 448 g/mol. The molecule has 1 fully saturated rings. The first-order valence-corrected chi connectivity index (χ1v) is 9.90. The number of hydrogen-bond acceptors (Lipinski definition) is 4. The third kappa shape index (κ3) is 4.19. The SMILES string of the molecule is Cc1cc(NC2CCN(c3cccc(Br)c3)C2)c2cc(OC(F)F)ccc2n1. The van der Waals surface area contributed by atoms with E-state index in [9.17, 15) is 8.78 Å². The predicted molar refractivity (Wildman–Crippen MR) is 111 cm³/mol. The number of halogens is 3. The zero-order valence-electron chi connectivity index (χ0n) is 15.3. The topological polar surface area (TPSA) is 37.4 Å². The van der Waals surface area contributed by atoms with Gasteiger partial charge in [-0.3, -0.25) is 4.98 Å². The lowest BCUT2D eigenvalue weighted by Crippen LogP contribution is -2.26. The molecule has 4 nitrogen and oxygen atoms in total. The Hall–Kier alpha value is -2.41. The molecule has 1 saturated heterocycles. The number of hydrogen-bond donors (Lipinski definition) is 1. The van der Waals surface area contributed by atoms with Crippen LogP contribution < -0.4 is 15.0 Å². The van der Waals surface area contributed by atoms with Gasteiger partial charge in [0.1, 0.15) is 5.75 Å². The van der Waals surface area contributed by atoms with Crippen LogP contribution in [0, 0.1) is 6.92 Å². The van der Waals surface area contributed by atoms with E-state index < -0.39 is 6.61 Å². The van der Waals surface area contributed by atoms with Gasteiger partial charge < -0.3 is 15.0 Å². The molecule has 1 aliphatic heterocycles. The molecule has 146 valence electrons. The zero-order chi connectivity index (χ0) is 19.7. The quantitative estimate of drug-likeness (QED) is 0.552. The number of nitrogens with zero attached hydrogens (tertiary/aromatic N) is 2. The van der Waals surface area contributed by atoms with E-state index in [1.54, 1.807) is 12.1 Å². The van der Waals surface area contributed by atoms with Crippen LogP contribution in [0.5, 0.6) is 5.75 Å². The maximum Gasteiger partial charge on any atom is 0.387 e. The minimum atomic E-state index is -2.85. The molecule has 1 atom stereocenters. The van der Waals surface area contributed by atoms with Gasteiger partial charge in [-0.05, 0) is 55.8 Å². The fourth-order valence-electron chi connectivity index (χ4n) is 3.64. The lowest BCUT2D eigenvalue weighted by Gasteiger charge is -2.20. The van der Waals surface area contributed by atoms with Crippen LogP contribution in [0.1, 0.15) is 12.1 Å². The van der Waals surface area contributed by atoms with E-state index in [4.69, 9.17) is 0 Å². The molecule has 1 unspecified atom stereocenters. The van der Waals surface area contributed by atoms with Crippen LogP contribution in [0.15, 0.2) is 53.0 Å². The van der Waals surface area contributed by atoms with Crippen LogP contribution >= 0.6 is 15.9 Å². The number of nitrogens with one attached hydrogen (secondary N) is 1. The summed E-state index contributed by atoms with van der Waals surface area (Å²) in [4.78, 5) is 6.84. The second-order valence-electron chi connectivity index (χ2n) is 6.92. The van der Waals surface area contributed by atoms with Crippen molar-refractivity contribution in [1.82, 2.24) is 4.98 Å². The summed E-state index contributed by atoms with van der Waals surface area (Å²) in [5.74, 6) is 0.137. The fraction of sp³-hybridized carbons (Fsp3) is 0.286. The van der Waals surface area contributed by atoms with E-state index in [0.29, 0.717) is 0 Å². The minimum absolute atomic E-state index is 0.137. The van der Waals surface area contributed by atoms with E-state index in [0.717, 1.165) is 46.3 Å². The number of ether oxygens (including phenoxy) is 1. The molecule has 1 N–H and O–H groups in total. The summed E-state index contributed by atoms with van der Waals surface area (Å²) in [7, 11) is 0. The summed E-state index contributed by atoms with van der Waals surface area (Å²) in [5, 5.41) is 4.37. The Morgan fingerprint density at radius 2 is 2.07 bits per heavy atom. The van der Waals surface area contributed by atoms with E-state index in [1.807, 2.05) is 25.1 Å². The third-order valence-electron chi connectivity index (χ3n) is 4.85. The van der Waals surface area contributed by atoms with Crippen molar-refractivity contribution in [3.05, 3.63) is 58.7 Å². The molecule has 0 saturated carbocycles. The highest BCUT2D eigenvalue weighted by Gasteiger charge is 2.23. The Balaban J connectivity index is 1.57. The molecule has 1 aromatic heterocycles. The lowest BCUT2D eigenvalue weighted by molar-refractivity contribution is -0.0497. The molecule has 0 amide bonds. The molecule has 0 aliphatic carbocycles. The van der Waals surface area contributed by atoms with Crippen molar-refractivity contribution >= 4 is 38.2 Å². The summed E-state index contributed by atoms with van der Waals surface area (Å²) in [6.07, 6.45) is 0.989. The van der Waals surface area contributed by atoms with Crippen molar-refractivity contribution in [2.45, 2.75) is 26.0 Å². The summed E-state index contributed by atoms with van der Waals surface area (Å²) >= 11 is 3.52. The van der Waals surface area contributed by atoms with Crippen LogP contribution in [0.4, 0.5) is 20.2 Å². The third-order valence-corrected chi connectivity index (χ3v) is 5.35. The normalized spacial score (nSPS) is 16.8. The summed E-state index contributed by atoms with van der Waals surface area (Å²) in [6, 6.07) is 15.3. The van der Waals surface area contributed by atoms with E-state index in [-0.39, 0.29) is 11.8 Å². The molecule has 4 rings (SSSR count). The number of aromatic nitrogens is 1. The fourth-order valence-corrected chi connectivity index (χ4v) is 4.03. The van der Waals surface area contributed by atoms with Crippen molar-refractivity contribution in [3.8, 4) is 5.75 Å². The lowest BCUT2D eigenvalue weighted by atomic mass is 10.1. The van der Waals surface area contributed by atoms with Crippen molar-refractivity contribution in [2.24, 2.45) is 0 Å². The first-order chi connectivity index (χ1) is 13.5. The number of rotatable bonds is 5. The highest BCUT2D eigenvalue weighted by molar-refractivity contribution is 9.10. The standard InChI is InChI=1S/C21H20BrF2N3O/c1-13-9-20(18-11-17(28-21(23)24)5-6-19(18)25-13)26-15-7-8-27(12-15)16-4-2-3-14(22)10-16/h2-6,9-11,15,21H,7-8,12H2,1H3,(H,25,26). The van der Waals surface area contributed by atoms with Crippen molar-refractivity contribution in [3.63, 3.8) is 0 Å². The molecular formula is C21H20BrF2N3O. The first kappa shape index (κ1) is 18.9. The number of alkyl halides is 2. The van der Waals surface area contributed by atoms with Gasteiger partial charge in [0, 0.05) is 46.1 Å². The largest absolute Gasteiger partial charge is 0.435 e. The van der Waals surface area contributed by atoms with Crippen molar-refractivity contribution in [2.75, 3.05) is 23.3 Å². The molecule has 0 radical (unpaired) electrons. The van der Waals surface area contributed by atoms with Gasteiger partial charge in [-0.25, -0.2) is 0 Å². The second kappa shape index (κ2) is 7.91. The predicted octanol–water partition coefficient (Wildman–Crippen LogP) is 5.60. The summed E-state index contributed by atoms with van der Waals surface area (Å²) in [6.45, 7) is 0.903. The van der Waals surface area contributed by atoms with Crippen molar-refractivity contribution in [1.29, 1.82) is 0 Å². The van der Waals surface area contributed by atoms with E-state index in [2.05, 4.69) is 48.0 Å². The Morgan fingerprint density at radius 3 is 2.86 bits per heavy atom. The van der Waals surface area contributed by atoms with E-state index >= 15 is 0 Å². The molecule has 2 aromatic carbocycles. The van der Waals surface area contributed by atoms with Gasteiger partial charge >= 0.3 is 6.61 Å². The highest BCUT2D eigenvalue weighted by atomic mass is 79.9. The van der Waals surface area contributed by atoms with Crippen LogP contribution in [0.2, 0.25) is 0 Å². The summed E-state index contributed by atoms with van der Waals surface area (Å²) in [5.41, 5.74) is 3.70. The molecule has 28 heavy (non-hydrogen) atoms. The van der Waals surface area contributed by atoms with Crippen LogP contribution in [0.3, 0.4) is 0 Å². The maximum absolute atomic E-state index is 12.6. The minimum Gasteiger partial charge on any atom is -0.435 e. The van der Waals surface area contributed by atoms with Crippen LogP contribution in [-0.4, -0.2) is 30.7 Å². The molecule has 7 heteroatoms. The summed E-state index contributed by atoms with van der Waals surface area (Å²) < 4.78 is 30.8. The van der Waals surface area contributed by atoms with Gasteiger partial charge in [0.15, 0.2) is 0 Å². The maximum atomic E-state index is 12.6. The molecule has 3 aromatic rings. The monoisotopic (exact) mass is 447 g/mol. The molecule has 0 bridgehead atoms. The van der Waals surface area contributed by atoms with E-state index in [1.165, 1.54) is 11.8 Å². The van der Waals surface area contributed by atoms with Gasteiger partial charge in [-0.15, -0.1) is 0 Å². The number of pyridine rings is 1. The number of benzene rings is 2. The first-order valence-electron chi connectivity index (χ1n) is 9.11. The number of aryl methyl sites for hydroxylation is 1. The smallest absolute Gasteiger partial charge is 0.387 e. The van der Waals surface area contributed by atoms with Gasteiger partial charge in [0.05, 0.1) is 5.52 Å². The number of fused-ring (bicyclic) bond motifs is 1. The zero-order valence-corrected chi connectivity index (χ0v) is 16.9. The van der Waals surface area contributed by atoms with Gasteiger partial charge in [0.25, 0.3) is 0 Å². The second-order valence-corrected chi connectivity index (χ2v) is 7.84.